The normalized spacial score (nSPS) is 11.6. The molecule has 0 saturated heterocycles. The summed E-state index contributed by atoms with van der Waals surface area (Å²) < 4.78 is 7.08. The van der Waals surface area contributed by atoms with Crippen molar-refractivity contribution in [3.63, 3.8) is 0 Å². The third-order valence-corrected chi connectivity index (χ3v) is 3.21. The van der Waals surface area contributed by atoms with Crippen molar-refractivity contribution in [2.75, 3.05) is 11.9 Å². The van der Waals surface area contributed by atoms with Crippen LogP contribution in [0.3, 0.4) is 0 Å². The number of rotatable bonds is 7. The average Bonchev–Trinajstić information content (AvgIpc) is 2.92. The van der Waals surface area contributed by atoms with E-state index in [9.17, 15) is 9.59 Å². The van der Waals surface area contributed by atoms with Gasteiger partial charge in [0.1, 0.15) is 12.1 Å². The lowest BCUT2D eigenvalue weighted by molar-refractivity contribution is -0.120. The summed E-state index contributed by atoms with van der Waals surface area (Å²) in [5.41, 5.74) is 0.749. The summed E-state index contributed by atoms with van der Waals surface area (Å²) >= 11 is 0. The van der Waals surface area contributed by atoms with Crippen LogP contribution < -0.4 is 15.4 Å². The minimum absolute atomic E-state index is 0.0436. The summed E-state index contributed by atoms with van der Waals surface area (Å²) in [6, 6.07) is 6.82. The summed E-state index contributed by atoms with van der Waals surface area (Å²) in [6.07, 6.45) is 1.53. The van der Waals surface area contributed by atoms with Crippen molar-refractivity contribution >= 4 is 17.8 Å². The molecule has 2 amide bonds. The van der Waals surface area contributed by atoms with E-state index < -0.39 is 6.04 Å². The molecule has 0 bridgehead atoms. The SMILES string of the molecule is CCOc1ccccc1C(CC(=O)Nc1ncn(C)n1)NC(C)=O. The van der Waals surface area contributed by atoms with E-state index in [4.69, 9.17) is 4.74 Å². The van der Waals surface area contributed by atoms with Crippen molar-refractivity contribution in [3.05, 3.63) is 36.2 Å². The molecule has 2 rings (SSSR count). The predicted octanol–water partition coefficient (Wildman–Crippen LogP) is 1.42. The first-order chi connectivity index (χ1) is 11.5. The van der Waals surface area contributed by atoms with Gasteiger partial charge in [0.05, 0.1) is 19.1 Å². The van der Waals surface area contributed by atoms with Gasteiger partial charge in [-0.3, -0.25) is 19.6 Å². The number of anilines is 1. The van der Waals surface area contributed by atoms with Gasteiger partial charge < -0.3 is 10.1 Å². The first-order valence-electron chi connectivity index (χ1n) is 7.64. The second-order valence-corrected chi connectivity index (χ2v) is 5.22. The topological polar surface area (TPSA) is 98.1 Å². The Kier molecular flexibility index (Phi) is 5.89. The van der Waals surface area contributed by atoms with Crippen LogP contribution in [0.15, 0.2) is 30.6 Å². The molecule has 2 aromatic rings. The summed E-state index contributed by atoms with van der Waals surface area (Å²) in [5.74, 6) is 0.339. The molecule has 0 aliphatic rings. The largest absolute Gasteiger partial charge is 0.494 e. The molecule has 24 heavy (non-hydrogen) atoms. The van der Waals surface area contributed by atoms with E-state index in [0.29, 0.717) is 12.4 Å². The molecular formula is C16H21N5O3. The van der Waals surface area contributed by atoms with E-state index in [-0.39, 0.29) is 24.2 Å². The predicted molar refractivity (Wildman–Crippen MR) is 88.4 cm³/mol. The van der Waals surface area contributed by atoms with E-state index in [1.54, 1.807) is 7.05 Å². The van der Waals surface area contributed by atoms with Crippen LogP contribution in [-0.2, 0) is 16.6 Å². The lowest BCUT2D eigenvalue weighted by atomic mass is 10.0. The van der Waals surface area contributed by atoms with E-state index >= 15 is 0 Å². The van der Waals surface area contributed by atoms with Crippen molar-refractivity contribution in [1.29, 1.82) is 0 Å². The number of benzene rings is 1. The maximum atomic E-state index is 12.3. The lowest BCUT2D eigenvalue weighted by Gasteiger charge is -2.20. The van der Waals surface area contributed by atoms with Gasteiger partial charge in [0.15, 0.2) is 0 Å². The van der Waals surface area contributed by atoms with Crippen molar-refractivity contribution < 1.29 is 14.3 Å². The first kappa shape index (κ1) is 17.5. The maximum absolute atomic E-state index is 12.3. The van der Waals surface area contributed by atoms with Gasteiger partial charge in [0.2, 0.25) is 17.8 Å². The first-order valence-corrected chi connectivity index (χ1v) is 7.64. The number of carbonyl (C=O) groups is 2. The number of para-hydroxylation sites is 1. The number of amides is 2. The van der Waals surface area contributed by atoms with Crippen molar-refractivity contribution in [1.82, 2.24) is 20.1 Å². The van der Waals surface area contributed by atoms with Crippen LogP contribution in [0.4, 0.5) is 5.95 Å². The number of carbonyl (C=O) groups excluding carboxylic acids is 2. The van der Waals surface area contributed by atoms with E-state index in [1.165, 1.54) is 17.9 Å². The van der Waals surface area contributed by atoms with Crippen LogP contribution in [0, 0.1) is 0 Å². The van der Waals surface area contributed by atoms with Gasteiger partial charge in [-0.15, -0.1) is 5.10 Å². The minimum Gasteiger partial charge on any atom is -0.494 e. The van der Waals surface area contributed by atoms with E-state index in [0.717, 1.165) is 5.56 Å². The number of aromatic nitrogens is 3. The Morgan fingerprint density at radius 1 is 1.33 bits per heavy atom. The molecule has 0 aliphatic heterocycles. The van der Waals surface area contributed by atoms with Crippen molar-refractivity contribution in [3.8, 4) is 5.75 Å². The van der Waals surface area contributed by atoms with Crippen LogP contribution in [0.1, 0.15) is 31.9 Å². The van der Waals surface area contributed by atoms with Gasteiger partial charge in [-0.05, 0) is 13.0 Å². The zero-order valence-corrected chi connectivity index (χ0v) is 13.9. The molecule has 1 heterocycles. The van der Waals surface area contributed by atoms with Gasteiger partial charge in [-0.25, -0.2) is 4.98 Å². The molecule has 1 aromatic carbocycles. The van der Waals surface area contributed by atoms with Gasteiger partial charge >= 0.3 is 0 Å². The summed E-state index contributed by atoms with van der Waals surface area (Å²) in [7, 11) is 1.71. The quantitative estimate of drug-likeness (QED) is 0.799. The van der Waals surface area contributed by atoms with Gasteiger partial charge in [-0.1, -0.05) is 18.2 Å². The number of nitrogens with one attached hydrogen (secondary N) is 2. The van der Waals surface area contributed by atoms with Crippen molar-refractivity contribution in [2.24, 2.45) is 7.05 Å². The Hall–Kier alpha value is -2.90. The number of hydrogen-bond donors (Lipinski definition) is 2. The highest BCUT2D eigenvalue weighted by atomic mass is 16.5. The number of ether oxygens (including phenoxy) is 1. The molecule has 2 N–H and O–H groups in total. The van der Waals surface area contributed by atoms with Crippen LogP contribution in [-0.4, -0.2) is 33.2 Å². The summed E-state index contributed by atoms with van der Waals surface area (Å²) in [4.78, 5) is 27.7. The van der Waals surface area contributed by atoms with Gasteiger partial charge in [0, 0.05) is 19.5 Å². The minimum atomic E-state index is -0.506. The second-order valence-electron chi connectivity index (χ2n) is 5.22. The monoisotopic (exact) mass is 331 g/mol. The van der Waals surface area contributed by atoms with E-state index in [1.807, 2.05) is 31.2 Å². The molecule has 8 nitrogen and oxygen atoms in total. The molecule has 0 saturated carbocycles. The van der Waals surface area contributed by atoms with Crippen LogP contribution in [0.5, 0.6) is 5.75 Å². The Morgan fingerprint density at radius 3 is 2.71 bits per heavy atom. The maximum Gasteiger partial charge on any atom is 0.248 e. The number of nitrogens with zero attached hydrogens (tertiary/aromatic N) is 3. The van der Waals surface area contributed by atoms with Gasteiger partial charge in [0.25, 0.3) is 0 Å². The highest BCUT2D eigenvalue weighted by Crippen LogP contribution is 2.27. The molecule has 1 atom stereocenters. The fraction of sp³-hybridized carbons (Fsp3) is 0.375. The Balaban J connectivity index is 2.16. The molecule has 8 heteroatoms. The second kappa shape index (κ2) is 8.09. The van der Waals surface area contributed by atoms with Crippen molar-refractivity contribution in [2.45, 2.75) is 26.3 Å². The molecule has 0 aliphatic carbocycles. The Bertz CT molecular complexity index is 713. The molecular weight excluding hydrogens is 310 g/mol. The summed E-state index contributed by atoms with van der Waals surface area (Å²) in [6.45, 7) is 3.78. The van der Waals surface area contributed by atoms with Crippen LogP contribution >= 0.6 is 0 Å². The number of aryl methyl sites for hydroxylation is 1. The Labute approximate surface area is 140 Å². The fourth-order valence-corrected chi connectivity index (χ4v) is 2.30. The molecule has 1 unspecified atom stereocenters. The molecule has 0 radical (unpaired) electrons. The van der Waals surface area contributed by atoms with Gasteiger partial charge in [-0.2, -0.15) is 0 Å². The summed E-state index contributed by atoms with van der Waals surface area (Å²) in [5, 5.41) is 9.40. The highest BCUT2D eigenvalue weighted by Gasteiger charge is 2.21. The van der Waals surface area contributed by atoms with Crippen LogP contribution in [0.2, 0.25) is 0 Å². The third-order valence-electron chi connectivity index (χ3n) is 3.21. The smallest absolute Gasteiger partial charge is 0.248 e. The van der Waals surface area contributed by atoms with Crippen LogP contribution in [0.25, 0.3) is 0 Å². The standard InChI is InChI=1S/C16H21N5O3/c1-4-24-14-8-6-5-7-12(14)13(18-11(2)22)9-15(23)19-16-17-10-21(3)20-16/h5-8,10,13H,4,9H2,1-3H3,(H,18,22)(H,19,20,23). The average molecular weight is 331 g/mol. The Morgan fingerprint density at radius 2 is 2.08 bits per heavy atom. The molecule has 0 spiro atoms. The number of hydrogen-bond acceptors (Lipinski definition) is 5. The van der Waals surface area contributed by atoms with E-state index in [2.05, 4.69) is 20.7 Å². The lowest BCUT2D eigenvalue weighted by Crippen LogP contribution is -2.30. The fourth-order valence-electron chi connectivity index (χ4n) is 2.30. The molecule has 1 aromatic heterocycles. The molecule has 128 valence electrons. The zero-order chi connectivity index (χ0) is 17.5. The third kappa shape index (κ3) is 4.80. The zero-order valence-electron chi connectivity index (χ0n) is 13.9. The molecule has 0 fully saturated rings. The highest BCUT2D eigenvalue weighted by molar-refractivity contribution is 5.90.